The van der Waals surface area contributed by atoms with Crippen LogP contribution >= 0.6 is 0 Å². The van der Waals surface area contributed by atoms with E-state index in [-0.39, 0.29) is 24.9 Å². The summed E-state index contributed by atoms with van der Waals surface area (Å²) in [6.07, 6.45) is 1.76. The third-order valence-electron chi connectivity index (χ3n) is 6.55. The number of aliphatic carboxylic acids is 1. The van der Waals surface area contributed by atoms with Gasteiger partial charge in [0.1, 0.15) is 12.6 Å². The molecule has 0 radical (unpaired) electrons. The van der Waals surface area contributed by atoms with Crippen LogP contribution in [0.1, 0.15) is 36.3 Å². The largest absolute Gasteiger partial charge is 0.480 e. The molecule has 2 aliphatic rings. The number of rotatable bonds is 7. The molecule has 33 heavy (non-hydrogen) atoms. The molecule has 0 spiro atoms. The third-order valence-corrected chi connectivity index (χ3v) is 7.85. The molecule has 1 saturated heterocycles. The molecule has 1 fully saturated rings. The second kappa shape index (κ2) is 9.52. The second-order valence-electron chi connectivity index (χ2n) is 8.70. The Kier molecular flexibility index (Phi) is 6.71. The Morgan fingerprint density at radius 3 is 2.12 bits per heavy atom. The van der Waals surface area contributed by atoms with Gasteiger partial charge in [-0.2, -0.15) is 0 Å². The summed E-state index contributed by atoms with van der Waals surface area (Å²) < 4.78 is 30.2. The fraction of sp³-hybridized carbons (Fsp3) is 0.417. The SMILES string of the molecule is CS(=O)(=O)N1CCC(C[C@H](NC(=O)OCC2c3ccccc3-c3ccccc32)C(=O)O)CC1. The normalized spacial score (nSPS) is 17.7. The van der Waals surface area contributed by atoms with Crippen LogP contribution in [-0.4, -0.2) is 61.9 Å². The predicted octanol–water partition coefficient (Wildman–Crippen LogP) is 3.04. The number of hydrogen-bond acceptors (Lipinski definition) is 5. The van der Waals surface area contributed by atoms with Crippen LogP contribution in [0.2, 0.25) is 0 Å². The first-order valence-corrected chi connectivity index (χ1v) is 12.9. The number of sulfonamides is 1. The Hall–Kier alpha value is -2.91. The molecule has 176 valence electrons. The molecule has 1 heterocycles. The van der Waals surface area contributed by atoms with Crippen LogP contribution in [0, 0.1) is 5.92 Å². The molecule has 0 unspecified atom stereocenters. The number of nitrogens with one attached hydrogen (secondary N) is 1. The van der Waals surface area contributed by atoms with Crippen molar-refractivity contribution < 1.29 is 27.9 Å². The van der Waals surface area contributed by atoms with E-state index in [0.717, 1.165) is 22.3 Å². The summed E-state index contributed by atoms with van der Waals surface area (Å²) in [5.41, 5.74) is 4.40. The number of piperidine rings is 1. The van der Waals surface area contributed by atoms with Crippen molar-refractivity contribution in [2.45, 2.75) is 31.2 Å². The molecule has 1 aliphatic heterocycles. The zero-order chi connectivity index (χ0) is 23.6. The minimum absolute atomic E-state index is 0.0120. The molecule has 1 atom stereocenters. The van der Waals surface area contributed by atoms with E-state index in [0.29, 0.717) is 25.9 Å². The summed E-state index contributed by atoms with van der Waals surface area (Å²) in [6, 6.07) is 14.9. The van der Waals surface area contributed by atoms with Crippen LogP contribution in [0.15, 0.2) is 48.5 Å². The van der Waals surface area contributed by atoms with Gasteiger partial charge in [-0.1, -0.05) is 48.5 Å². The Labute approximate surface area is 193 Å². The number of fused-ring (bicyclic) bond motifs is 3. The number of hydrogen-bond donors (Lipinski definition) is 2. The van der Waals surface area contributed by atoms with E-state index in [2.05, 4.69) is 5.32 Å². The molecule has 2 aromatic carbocycles. The molecular weight excluding hydrogens is 444 g/mol. The van der Waals surface area contributed by atoms with Gasteiger partial charge in [0, 0.05) is 19.0 Å². The molecule has 0 aromatic heterocycles. The number of nitrogens with zero attached hydrogens (tertiary/aromatic N) is 1. The van der Waals surface area contributed by atoms with Gasteiger partial charge < -0.3 is 15.2 Å². The minimum atomic E-state index is -3.24. The first-order chi connectivity index (χ1) is 15.7. The molecule has 1 aliphatic carbocycles. The van der Waals surface area contributed by atoms with Crippen LogP contribution in [0.4, 0.5) is 4.79 Å². The minimum Gasteiger partial charge on any atom is -0.480 e. The molecule has 1 amide bonds. The number of carboxylic acid groups (broad SMARTS) is 1. The van der Waals surface area contributed by atoms with Crippen molar-refractivity contribution in [3.05, 3.63) is 59.7 Å². The maximum Gasteiger partial charge on any atom is 0.407 e. The van der Waals surface area contributed by atoms with Crippen LogP contribution in [0.5, 0.6) is 0 Å². The van der Waals surface area contributed by atoms with Crippen molar-refractivity contribution in [1.82, 2.24) is 9.62 Å². The molecule has 8 nitrogen and oxygen atoms in total. The number of carbonyl (C=O) groups is 2. The lowest BCUT2D eigenvalue weighted by Crippen LogP contribution is -2.44. The zero-order valence-corrected chi connectivity index (χ0v) is 19.3. The summed E-state index contributed by atoms with van der Waals surface area (Å²) in [5, 5.41) is 12.1. The first-order valence-electron chi connectivity index (χ1n) is 11.0. The zero-order valence-electron chi connectivity index (χ0n) is 18.4. The Bertz CT molecular complexity index is 1100. The highest BCUT2D eigenvalue weighted by molar-refractivity contribution is 7.88. The van der Waals surface area contributed by atoms with Gasteiger partial charge in [0.05, 0.1) is 6.26 Å². The first kappa shape index (κ1) is 23.3. The van der Waals surface area contributed by atoms with E-state index >= 15 is 0 Å². The Morgan fingerprint density at radius 2 is 1.61 bits per heavy atom. The van der Waals surface area contributed by atoms with Crippen molar-refractivity contribution in [3.8, 4) is 11.1 Å². The Morgan fingerprint density at radius 1 is 1.06 bits per heavy atom. The lowest BCUT2D eigenvalue weighted by atomic mass is 9.91. The summed E-state index contributed by atoms with van der Waals surface area (Å²) in [6.45, 7) is 0.834. The van der Waals surface area contributed by atoms with Gasteiger partial charge in [-0.3, -0.25) is 0 Å². The third kappa shape index (κ3) is 5.20. The van der Waals surface area contributed by atoms with Gasteiger partial charge in [0.25, 0.3) is 0 Å². The lowest BCUT2D eigenvalue weighted by Gasteiger charge is -2.31. The topological polar surface area (TPSA) is 113 Å². The van der Waals surface area contributed by atoms with E-state index in [4.69, 9.17) is 4.74 Å². The number of ether oxygens (including phenoxy) is 1. The number of amides is 1. The lowest BCUT2D eigenvalue weighted by molar-refractivity contribution is -0.139. The van der Waals surface area contributed by atoms with E-state index in [1.807, 2.05) is 48.5 Å². The van der Waals surface area contributed by atoms with Gasteiger partial charge in [-0.25, -0.2) is 22.3 Å². The van der Waals surface area contributed by atoms with Crippen molar-refractivity contribution in [1.29, 1.82) is 0 Å². The van der Waals surface area contributed by atoms with Gasteiger partial charge in [-0.05, 0) is 47.4 Å². The number of benzene rings is 2. The van der Waals surface area contributed by atoms with E-state index in [9.17, 15) is 23.1 Å². The average Bonchev–Trinajstić information content (AvgIpc) is 3.11. The summed E-state index contributed by atoms with van der Waals surface area (Å²) in [5.74, 6) is -1.22. The number of alkyl carbamates (subject to hydrolysis) is 1. The van der Waals surface area contributed by atoms with Gasteiger partial charge in [0.15, 0.2) is 0 Å². The molecule has 9 heteroatoms. The maximum atomic E-state index is 12.5. The average molecular weight is 473 g/mol. The van der Waals surface area contributed by atoms with Gasteiger partial charge in [0.2, 0.25) is 10.0 Å². The monoisotopic (exact) mass is 472 g/mol. The van der Waals surface area contributed by atoms with Crippen LogP contribution < -0.4 is 5.32 Å². The van der Waals surface area contributed by atoms with Crippen molar-refractivity contribution in [3.63, 3.8) is 0 Å². The van der Waals surface area contributed by atoms with Crippen molar-refractivity contribution in [2.24, 2.45) is 5.92 Å². The number of carbonyl (C=O) groups excluding carboxylic acids is 1. The van der Waals surface area contributed by atoms with Gasteiger partial charge >= 0.3 is 12.1 Å². The van der Waals surface area contributed by atoms with E-state index in [1.54, 1.807) is 0 Å². The van der Waals surface area contributed by atoms with Crippen molar-refractivity contribution >= 4 is 22.1 Å². The summed E-state index contributed by atoms with van der Waals surface area (Å²) in [7, 11) is -3.24. The molecule has 2 aromatic rings. The molecule has 4 rings (SSSR count). The molecule has 2 N–H and O–H groups in total. The fourth-order valence-electron chi connectivity index (χ4n) is 4.81. The van der Waals surface area contributed by atoms with E-state index < -0.39 is 28.1 Å². The number of carboxylic acids is 1. The molecule has 0 saturated carbocycles. The highest BCUT2D eigenvalue weighted by Crippen LogP contribution is 2.44. The molecule has 0 bridgehead atoms. The van der Waals surface area contributed by atoms with Crippen molar-refractivity contribution in [2.75, 3.05) is 26.0 Å². The molecular formula is C24H28N2O6S. The van der Waals surface area contributed by atoms with Crippen LogP contribution in [0.25, 0.3) is 11.1 Å². The highest BCUT2D eigenvalue weighted by atomic mass is 32.2. The highest BCUT2D eigenvalue weighted by Gasteiger charge is 2.32. The summed E-state index contributed by atoms with van der Waals surface area (Å²) >= 11 is 0. The second-order valence-corrected chi connectivity index (χ2v) is 10.7. The quantitative estimate of drug-likeness (QED) is 0.640. The standard InChI is InChI=1S/C24H28N2O6S/c1-33(30,31)26-12-10-16(11-13-26)14-22(23(27)28)25-24(29)32-15-21-19-8-4-2-6-17(19)18-7-3-5-9-20(18)21/h2-9,16,21-22H,10-15H2,1H3,(H,25,29)(H,27,28)/t22-/m0/s1. The van der Waals surface area contributed by atoms with E-state index in [1.165, 1.54) is 10.6 Å². The van der Waals surface area contributed by atoms with Gasteiger partial charge in [-0.15, -0.1) is 0 Å². The fourth-order valence-corrected chi connectivity index (χ4v) is 5.69. The summed E-state index contributed by atoms with van der Waals surface area (Å²) in [4.78, 5) is 24.2. The Balaban J connectivity index is 1.34. The van der Waals surface area contributed by atoms with Crippen LogP contribution in [0.3, 0.4) is 0 Å². The van der Waals surface area contributed by atoms with Crippen LogP contribution in [-0.2, 0) is 19.6 Å². The predicted molar refractivity (Wildman–Crippen MR) is 123 cm³/mol. The maximum absolute atomic E-state index is 12.5. The smallest absolute Gasteiger partial charge is 0.407 e.